The third-order valence-electron chi connectivity index (χ3n) is 7.36. The molecule has 5 rings (SSSR count). The number of rotatable bonds is 11. The molecule has 8 heteroatoms. The molecular weight excluding hydrogens is 551 g/mol. The smallest absolute Gasteiger partial charge is 0.257 e. The molecule has 5 aromatic rings. The molecule has 42 heavy (non-hydrogen) atoms. The third-order valence-corrected chi connectivity index (χ3v) is 8.58. The number of fused-ring (bicyclic) bond motifs is 2. The van der Waals surface area contributed by atoms with E-state index in [1.807, 2.05) is 42.5 Å². The van der Waals surface area contributed by atoms with E-state index in [1.165, 1.54) is 29.0 Å². The highest BCUT2D eigenvalue weighted by Crippen LogP contribution is 2.30. The molecule has 0 saturated carbocycles. The van der Waals surface area contributed by atoms with Gasteiger partial charge in [0.1, 0.15) is 5.82 Å². The summed E-state index contributed by atoms with van der Waals surface area (Å²) in [5.74, 6) is 0.698. The van der Waals surface area contributed by atoms with Crippen LogP contribution in [0.5, 0.6) is 11.5 Å². The molecule has 1 heterocycles. The zero-order chi connectivity index (χ0) is 29.6. The lowest BCUT2D eigenvalue weighted by Crippen LogP contribution is -2.20. The molecule has 0 aliphatic rings. The van der Waals surface area contributed by atoms with Crippen LogP contribution in [0, 0.1) is 5.82 Å². The lowest BCUT2D eigenvalue weighted by Gasteiger charge is -2.16. The highest BCUT2D eigenvalue weighted by Gasteiger charge is 2.15. The van der Waals surface area contributed by atoms with Crippen LogP contribution < -0.4 is 25.5 Å². The number of aryl methyl sites for hydroxylation is 1. The zero-order valence-corrected chi connectivity index (χ0v) is 24.6. The van der Waals surface area contributed by atoms with E-state index >= 15 is 0 Å². The number of carbonyl (C=O) groups excluding carboxylic acids is 1. The van der Waals surface area contributed by atoms with E-state index < -0.39 is 5.82 Å². The van der Waals surface area contributed by atoms with Crippen molar-refractivity contribution in [1.82, 2.24) is 5.32 Å². The zero-order valence-electron chi connectivity index (χ0n) is 23.8. The average molecular weight is 585 g/mol. The van der Waals surface area contributed by atoms with Gasteiger partial charge in [-0.3, -0.25) is 9.59 Å². The molecule has 0 aliphatic carbocycles. The quantitative estimate of drug-likeness (QED) is 0.124. The number of methoxy groups -OCH3 is 2. The summed E-state index contributed by atoms with van der Waals surface area (Å²) in [5, 5.41) is 7.26. The molecule has 0 spiro atoms. The van der Waals surface area contributed by atoms with Gasteiger partial charge < -0.3 is 20.1 Å². The van der Waals surface area contributed by atoms with Crippen molar-refractivity contribution in [2.45, 2.75) is 32.2 Å². The van der Waals surface area contributed by atoms with E-state index in [-0.39, 0.29) is 17.4 Å². The standard InChI is InChI=1S/C34H33FN2O4S/c1-21(23-12-16-29(40-2)30(19-23)41-3)36-18-5-4-7-22-10-14-25(15-11-22)37-34(39)27-9-6-8-26-32(38)28-20-24(35)13-17-31(28)42-33(26)27/h6,8-17,19-21,36H,4-5,7,18H2,1-3H3,(H,37,39). The first kappa shape index (κ1) is 29.2. The molecule has 0 radical (unpaired) electrons. The fourth-order valence-corrected chi connectivity index (χ4v) is 6.15. The maximum Gasteiger partial charge on any atom is 0.257 e. The second kappa shape index (κ2) is 13.1. The first-order valence-corrected chi connectivity index (χ1v) is 14.7. The summed E-state index contributed by atoms with van der Waals surface area (Å²) >= 11 is 1.32. The Kier molecular flexibility index (Phi) is 9.15. The molecule has 0 bridgehead atoms. The topological polar surface area (TPSA) is 76.7 Å². The Balaban J connectivity index is 1.15. The number of anilines is 1. The van der Waals surface area contributed by atoms with E-state index in [9.17, 15) is 14.0 Å². The van der Waals surface area contributed by atoms with E-state index in [0.29, 0.717) is 31.4 Å². The fraction of sp³-hybridized carbons (Fsp3) is 0.235. The molecule has 1 unspecified atom stereocenters. The van der Waals surface area contributed by atoms with Crippen molar-refractivity contribution in [2.75, 3.05) is 26.1 Å². The number of amides is 1. The largest absolute Gasteiger partial charge is 0.493 e. The van der Waals surface area contributed by atoms with Gasteiger partial charge in [0.25, 0.3) is 5.91 Å². The SMILES string of the molecule is COc1ccc(C(C)NCCCCc2ccc(NC(=O)c3cccc4c(=O)c5cc(F)ccc5sc34)cc2)cc1OC. The fourth-order valence-electron chi connectivity index (χ4n) is 4.99. The summed E-state index contributed by atoms with van der Waals surface area (Å²) in [7, 11) is 3.27. The van der Waals surface area contributed by atoms with Crippen LogP contribution in [-0.2, 0) is 6.42 Å². The maximum atomic E-state index is 13.7. The van der Waals surface area contributed by atoms with Gasteiger partial charge in [-0.25, -0.2) is 4.39 Å². The van der Waals surface area contributed by atoms with Crippen LogP contribution in [0.15, 0.2) is 83.7 Å². The van der Waals surface area contributed by atoms with Crippen molar-refractivity contribution in [2.24, 2.45) is 0 Å². The first-order valence-electron chi connectivity index (χ1n) is 13.9. The highest BCUT2D eigenvalue weighted by atomic mass is 32.1. The molecule has 1 aromatic heterocycles. The van der Waals surface area contributed by atoms with Crippen LogP contribution >= 0.6 is 11.3 Å². The Bertz CT molecular complexity index is 1790. The molecule has 0 aliphatic heterocycles. The lowest BCUT2D eigenvalue weighted by molar-refractivity contribution is 0.102. The van der Waals surface area contributed by atoms with Gasteiger partial charge in [-0.05, 0) is 98.5 Å². The number of halogens is 1. The molecule has 1 atom stereocenters. The monoisotopic (exact) mass is 584 g/mol. The predicted molar refractivity (Wildman–Crippen MR) is 169 cm³/mol. The van der Waals surface area contributed by atoms with Crippen LogP contribution in [-0.4, -0.2) is 26.7 Å². The van der Waals surface area contributed by atoms with Gasteiger partial charge in [0.05, 0.1) is 24.5 Å². The van der Waals surface area contributed by atoms with Gasteiger partial charge in [-0.2, -0.15) is 0 Å². The second-order valence-corrected chi connectivity index (χ2v) is 11.2. The summed E-state index contributed by atoms with van der Waals surface area (Å²) in [6.45, 7) is 3.03. The van der Waals surface area contributed by atoms with Crippen molar-refractivity contribution < 1.29 is 18.7 Å². The van der Waals surface area contributed by atoms with Crippen LogP contribution in [0.25, 0.3) is 20.2 Å². The summed E-state index contributed by atoms with van der Waals surface area (Å²) in [6.07, 6.45) is 3.00. The molecule has 0 saturated heterocycles. The highest BCUT2D eigenvalue weighted by molar-refractivity contribution is 7.24. The van der Waals surface area contributed by atoms with Crippen LogP contribution in [0.1, 0.15) is 47.3 Å². The van der Waals surface area contributed by atoms with Crippen LogP contribution in [0.3, 0.4) is 0 Å². The van der Waals surface area contributed by atoms with Crippen molar-refractivity contribution in [3.05, 3.63) is 112 Å². The minimum Gasteiger partial charge on any atom is -0.493 e. The summed E-state index contributed by atoms with van der Waals surface area (Å²) in [5.41, 5.74) is 3.17. The summed E-state index contributed by atoms with van der Waals surface area (Å²) < 4.78 is 25.7. The molecule has 6 nitrogen and oxygen atoms in total. The minimum absolute atomic E-state index is 0.192. The van der Waals surface area contributed by atoms with E-state index in [2.05, 4.69) is 17.6 Å². The normalized spacial score (nSPS) is 11.9. The maximum absolute atomic E-state index is 13.7. The Labute approximate surface area is 248 Å². The van der Waals surface area contributed by atoms with Gasteiger partial charge in [0.15, 0.2) is 16.9 Å². The molecule has 0 fully saturated rings. The first-order chi connectivity index (χ1) is 20.4. The number of unbranched alkanes of at least 4 members (excludes halogenated alkanes) is 1. The summed E-state index contributed by atoms with van der Waals surface area (Å²) in [4.78, 5) is 26.2. The molecule has 4 aromatic carbocycles. The Morgan fingerprint density at radius 1 is 0.905 bits per heavy atom. The Hall–Kier alpha value is -4.27. The number of hydrogen-bond acceptors (Lipinski definition) is 6. The number of carbonyl (C=O) groups is 1. The van der Waals surface area contributed by atoms with Crippen molar-refractivity contribution in [1.29, 1.82) is 0 Å². The van der Waals surface area contributed by atoms with Crippen molar-refractivity contribution in [3.63, 3.8) is 0 Å². The van der Waals surface area contributed by atoms with Crippen molar-refractivity contribution in [3.8, 4) is 11.5 Å². The number of hydrogen-bond donors (Lipinski definition) is 2. The number of nitrogens with one attached hydrogen (secondary N) is 2. The van der Waals surface area contributed by atoms with Gasteiger partial charge in [0, 0.05) is 27.2 Å². The second-order valence-electron chi connectivity index (χ2n) is 10.2. The van der Waals surface area contributed by atoms with Crippen LogP contribution in [0.4, 0.5) is 10.1 Å². The van der Waals surface area contributed by atoms with Crippen molar-refractivity contribution >= 4 is 43.1 Å². The average Bonchev–Trinajstić information content (AvgIpc) is 3.01. The minimum atomic E-state index is -0.458. The predicted octanol–water partition coefficient (Wildman–Crippen LogP) is 7.50. The van der Waals surface area contributed by atoms with E-state index in [0.717, 1.165) is 42.9 Å². The van der Waals surface area contributed by atoms with E-state index in [1.54, 1.807) is 38.5 Å². The van der Waals surface area contributed by atoms with E-state index in [4.69, 9.17) is 9.47 Å². The molecule has 216 valence electrons. The Morgan fingerprint density at radius 2 is 1.69 bits per heavy atom. The van der Waals surface area contributed by atoms with Gasteiger partial charge in [-0.15, -0.1) is 11.3 Å². The summed E-state index contributed by atoms with van der Waals surface area (Å²) in [6, 6.07) is 23.2. The molecule has 1 amide bonds. The van der Waals surface area contributed by atoms with Gasteiger partial charge in [0.2, 0.25) is 0 Å². The van der Waals surface area contributed by atoms with Gasteiger partial charge in [-0.1, -0.05) is 24.3 Å². The lowest BCUT2D eigenvalue weighted by atomic mass is 10.1. The third kappa shape index (κ3) is 6.45. The molecular formula is C34H33FN2O4S. The van der Waals surface area contributed by atoms with Gasteiger partial charge >= 0.3 is 0 Å². The number of ether oxygens (including phenoxy) is 2. The Morgan fingerprint density at radius 3 is 2.45 bits per heavy atom. The van der Waals surface area contributed by atoms with Crippen LogP contribution in [0.2, 0.25) is 0 Å². The number of benzene rings is 4. The molecule has 2 N–H and O–H groups in total.